The molecule has 0 N–H and O–H groups in total. The molecule has 200 valence electrons. The van der Waals surface area contributed by atoms with Crippen LogP contribution in [-0.4, -0.2) is 14.1 Å². The summed E-state index contributed by atoms with van der Waals surface area (Å²) in [6.07, 6.45) is 2.21. The lowest BCUT2D eigenvalue weighted by Crippen LogP contribution is -2.03. The van der Waals surface area contributed by atoms with E-state index >= 15 is 0 Å². The Balaban J connectivity index is 1.46. The minimum Gasteiger partial charge on any atom is -0.294 e. The molecule has 9 rings (SSSR count). The van der Waals surface area contributed by atoms with E-state index in [0.29, 0.717) is 0 Å². The second-order valence-electron chi connectivity index (χ2n) is 11.1. The summed E-state index contributed by atoms with van der Waals surface area (Å²) in [5.41, 5.74) is 6.10. The van der Waals surface area contributed by atoms with Gasteiger partial charge in [0, 0.05) is 37.0 Å². The molecule has 5 aromatic carbocycles. The molecule has 0 atom stereocenters. The fourth-order valence-electron chi connectivity index (χ4n) is 6.82. The molecule has 0 aliphatic rings. The predicted octanol–water partition coefficient (Wildman–Crippen LogP) is 10.6. The molecule has 0 bridgehead atoms. The number of rotatable bonds is 4. The van der Waals surface area contributed by atoms with Gasteiger partial charge < -0.3 is 0 Å². The number of hydrogen-bond donors (Lipinski definition) is 0. The summed E-state index contributed by atoms with van der Waals surface area (Å²) in [4.78, 5) is 5.58. The minimum absolute atomic E-state index is 0.937. The number of para-hydroxylation sites is 3. The summed E-state index contributed by atoms with van der Waals surface area (Å²) in [5.74, 6) is 1.92. The lowest BCUT2D eigenvalue weighted by molar-refractivity contribution is 0.923. The minimum atomic E-state index is 0.937. The first-order valence-corrected chi connectivity index (χ1v) is 15.4. The van der Waals surface area contributed by atoms with Gasteiger partial charge in [-0.15, -0.1) is 11.3 Å². The Hall–Kier alpha value is -4.93. The lowest BCUT2D eigenvalue weighted by Gasteiger charge is -2.13. The zero-order valence-corrected chi connectivity index (χ0v) is 24.0. The van der Waals surface area contributed by atoms with Crippen LogP contribution in [0.15, 0.2) is 121 Å². The topological polar surface area (TPSA) is 22.8 Å². The van der Waals surface area contributed by atoms with Crippen LogP contribution >= 0.6 is 11.3 Å². The van der Waals surface area contributed by atoms with E-state index in [1.807, 2.05) is 11.3 Å². The number of thiophene rings is 1. The standard InChI is InChI=1S/C38H27N3S/c1-2-11-24-20-21-34-29(22-24)27-14-5-9-18-33(27)41(34)38-37-30(28-15-6-10-19-35(28)42-37)23-36(39-38)40-31-16-7-3-12-25(31)26-13-4-8-17-32(26)40/h3-10,12-23H,2,11H2,1H3. The molecule has 0 unspecified atom stereocenters. The summed E-state index contributed by atoms with van der Waals surface area (Å²) >= 11 is 1.84. The largest absolute Gasteiger partial charge is 0.294 e. The number of nitrogens with zero attached hydrogens (tertiary/aromatic N) is 3. The van der Waals surface area contributed by atoms with Crippen LogP contribution in [0, 0.1) is 0 Å². The monoisotopic (exact) mass is 557 g/mol. The lowest BCUT2D eigenvalue weighted by atomic mass is 10.1. The Bertz CT molecular complexity index is 2440. The van der Waals surface area contributed by atoms with Gasteiger partial charge in [0.05, 0.1) is 26.8 Å². The molecule has 0 saturated carbocycles. The van der Waals surface area contributed by atoms with E-state index in [-0.39, 0.29) is 0 Å². The Kier molecular flexibility index (Phi) is 5.11. The van der Waals surface area contributed by atoms with Crippen molar-refractivity contribution < 1.29 is 0 Å². The molecular weight excluding hydrogens is 531 g/mol. The van der Waals surface area contributed by atoms with E-state index in [1.54, 1.807) is 0 Å². The molecule has 0 radical (unpaired) electrons. The van der Waals surface area contributed by atoms with Crippen LogP contribution in [0.1, 0.15) is 18.9 Å². The van der Waals surface area contributed by atoms with Gasteiger partial charge in [0.2, 0.25) is 0 Å². The summed E-state index contributed by atoms with van der Waals surface area (Å²) in [6.45, 7) is 2.25. The molecule has 0 spiro atoms. The maximum absolute atomic E-state index is 5.58. The highest BCUT2D eigenvalue weighted by molar-refractivity contribution is 7.26. The van der Waals surface area contributed by atoms with Crippen molar-refractivity contribution in [1.29, 1.82) is 0 Å². The highest BCUT2D eigenvalue weighted by Gasteiger charge is 2.21. The molecule has 4 heterocycles. The Morgan fingerprint density at radius 2 is 1.12 bits per heavy atom. The van der Waals surface area contributed by atoms with E-state index in [2.05, 4.69) is 137 Å². The van der Waals surface area contributed by atoms with Crippen LogP contribution in [0.2, 0.25) is 0 Å². The van der Waals surface area contributed by atoms with Crippen LogP contribution in [0.5, 0.6) is 0 Å². The number of pyridine rings is 1. The van der Waals surface area contributed by atoms with Crippen molar-refractivity contribution >= 4 is 75.1 Å². The van der Waals surface area contributed by atoms with Gasteiger partial charge in [0.1, 0.15) is 5.82 Å². The van der Waals surface area contributed by atoms with E-state index < -0.39 is 0 Å². The first-order chi connectivity index (χ1) is 20.8. The summed E-state index contributed by atoms with van der Waals surface area (Å²) in [6, 6.07) is 44.2. The van der Waals surface area contributed by atoms with Crippen molar-refractivity contribution in [3.63, 3.8) is 0 Å². The first kappa shape index (κ1) is 23.7. The average Bonchev–Trinajstić information content (AvgIpc) is 3.69. The normalized spacial score (nSPS) is 12.1. The highest BCUT2D eigenvalue weighted by Crippen LogP contribution is 2.42. The molecular formula is C38H27N3S. The summed E-state index contributed by atoms with van der Waals surface area (Å²) in [5, 5.41) is 7.55. The van der Waals surface area contributed by atoms with E-state index in [4.69, 9.17) is 4.98 Å². The smallest absolute Gasteiger partial charge is 0.158 e. The Labute approximate surface area is 246 Å². The number of hydrogen-bond acceptors (Lipinski definition) is 2. The zero-order valence-electron chi connectivity index (χ0n) is 23.2. The van der Waals surface area contributed by atoms with Gasteiger partial charge in [-0.1, -0.05) is 92.2 Å². The number of benzene rings is 5. The third-order valence-electron chi connectivity index (χ3n) is 8.63. The van der Waals surface area contributed by atoms with Gasteiger partial charge in [-0.25, -0.2) is 4.98 Å². The van der Waals surface area contributed by atoms with Gasteiger partial charge in [-0.05, 0) is 54.4 Å². The third-order valence-corrected chi connectivity index (χ3v) is 9.81. The molecule has 0 aliphatic carbocycles. The SMILES string of the molecule is CCCc1ccc2c(c1)c1ccccc1n2-c1nc(-n2c3ccccc3c3ccccc32)cc2c1sc1ccccc12. The Morgan fingerprint density at radius 1 is 0.548 bits per heavy atom. The number of fused-ring (bicyclic) bond motifs is 9. The molecule has 9 aromatic rings. The summed E-state index contributed by atoms with van der Waals surface area (Å²) < 4.78 is 7.23. The first-order valence-electron chi connectivity index (χ1n) is 14.6. The number of aryl methyl sites for hydroxylation is 1. The molecule has 0 saturated heterocycles. The second-order valence-corrected chi connectivity index (χ2v) is 12.2. The van der Waals surface area contributed by atoms with Crippen LogP contribution in [0.3, 0.4) is 0 Å². The van der Waals surface area contributed by atoms with Crippen molar-refractivity contribution in [3.05, 3.63) is 127 Å². The quantitative estimate of drug-likeness (QED) is 0.211. The van der Waals surface area contributed by atoms with Crippen molar-refractivity contribution in [2.45, 2.75) is 19.8 Å². The second kappa shape index (κ2) is 9.04. The summed E-state index contributed by atoms with van der Waals surface area (Å²) in [7, 11) is 0. The molecule has 4 heteroatoms. The zero-order chi connectivity index (χ0) is 27.8. The maximum Gasteiger partial charge on any atom is 0.158 e. The molecule has 0 aliphatic heterocycles. The van der Waals surface area contributed by atoms with Gasteiger partial charge in [0.25, 0.3) is 0 Å². The van der Waals surface area contributed by atoms with Crippen LogP contribution in [-0.2, 0) is 6.42 Å². The fraction of sp³-hybridized carbons (Fsp3) is 0.0789. The Morgan fingerprint density at radius 3 is 1.81 bits per heavy atom. The predicted molar refractivity (Wildman–Crippen MR) is 180 cm³/mol. The van der Waals surface area contributed by atoms with Gasteiger partial charge in [0.15, 0.2) is 5.82 Å². The van der Waals surface area contributed by atoms with Gasteiger partial charge >= 0.3 is 0 Å². The molecule has 42 heavy (non-hydrogen) atoms. The van der Waals surface area contributed by atoms with Crippen molar-refractivity contribution in [2.24, 2.45) is 0 Å². The van der Waals surface area contributed by atoms with Gasteiger partial charge in [-0.3, -0.25) is 9.13 Å². The van der Waals surface area contributed by atoms with Crippen molar-refractivity contribution in [3.8, 4) is 11.6 Å². The van der Waals surface area contributed by atoms with Crippen LogP contribution < -0.4 is 0 Å². The molecule has 3 nitrogen and oxygen atoms in total. The fourth-order valence-corrected chi connectivity index (χ4v) is 7.98. The van der Waals surface area contributed by atoms with Crippen molar-refractivity contribution in [1.82, 2.24) is 14.1 Å². The molecule has 4 aromatic heterocycles. The highest BCUT2D eigenvalue weighted by atomic mass is 32.1. The maximum atomic E-state index is 5.58. The van der Waals surface area contributed by atoms with Crippen LogP contribution in [0.25, 0.3) is 75.4 Å². The molecule has 0 amide bonds. The van der Waals surface area contributed by atoms with E-state index in [9.17, 15) is 0 Å². The van der Waals surface area contributed by atoms with Crippen molar-refractivity contribution in [2.75, 3.05) is 0 Å². The van der Waals surface area contributed by atoms with E-state index in [1.165, 1.54) is 69.3 Å². The van der Waals surface area contributed by atoms with Crippen LogP contribution in [0.4, 0.5) is 0 Å². The third kappa shape index (κ3) is 3.30. The van der Waals surface area contributed by atoms with E-state index in [0.717, 1.165) is 24.5 Å². The molecule has 0 fully saturated rings. The average molecular weight is 558 g/mol. The van der Waals surface area contributed by atoms with Gasteiger partial charge in [-0.2, -0.15) is 0 Å². The number of aromatic nitrogens is 3.